The Morgan fingerprint density at radius 2 is 1.91 bits per heavy atom. The number of benzene rings is 1. The second kappa shape index (κ2) is 5.51. The van der Waals surface area contributed by atoms with Gasteiger partial charge in [0.15, 0.2) is 11.2 Å². The van der Waals surface area contributed by atoms with Crippen molar-refractivity contribution in [3.05, 3.63) is 59.1 Å². The van der Waals surface area contributed by atoms with Crippen LogP contribution < -0.4 is 5.56 Å². The molecule has 0 unspecified atom stereocenters. The lowest BCUT2D eigenvalue weighted by molar-refractivity contribution is 0.738. The lowest BCUT2D eigenvalue weighted by Crippen LogP contribution is -2.22. The fraction of sp³-hybridized carbons (Fsp3) is 0.125. The summed E-state index contributed by atoms with van der Waals surface area (Å²) in [7, 11) is 0. The average Bonchev–Trinajstić information content (AvgIpc) is 3.02. The van der Waals surface area contributed by atoms with Crippen LogP contribution in [0.15, 0.2) is 53.6 Å². The topological polar surface area (TPSA) is 65.1 Å². The summed E-state index contributed by atoms with van der Waals surface area (Å²) in [5, 5.41) is 12.8. The summed E-state index contributed by atoms with van der Waals surface area (Å²) in [5.74, 6) is 0.584. The van der Waals surface area contributed by atoms with Crippen LogP contribution in [0.25, 0.3) is 27.8 Å². The van der Waals surface area contributed by atoms with Crippen LogP contribution in [0.3, 0.4) is 0 Å². The Labute approximate surface area is 136 Å². The molecule has 6 nitrogen and oxygen atoms in total. The third-order valence-electron chi connectivity index (χ3n) is 3.76. The van der Waals surface area contributed by atoms with Crippen LogP contribution in [-0.2, 0) is 6.54 Å². The van der Waals surface area contributed by atoms with Gasteiger partial charge in [0.1, 0.15) is 5.52 Å². The second-order valence-electron chi connectivity index (χ2n) is 5.13. The van der Waals surface area contributed by atoms with Gasteiger partial charge in [-0.3, -0.25) is 4.79 Å². The smallest absolute Gasteiger partial charge is 0.280 e. The van der Waals surface area contributed by atoms with Crippen LogP contribution in [0.4, 0.5) is 0 Å². The van der Waals surface area contributed by atoms with E-state index >= 15 is 0 Å². The van der Waals surface area contributed by atoms with E-state index in [1.165, 1.54) is 0 Å². The van der Waals surface area contributed by atoms with Gasteiger partial charge < -0.3 is 4.57 Å². The summed E-state index contributed by atoms with van der Waals surface area (Å²) in [5.41, 5.74) is 3.32. The lowest BCUT2D eigenvalue weighted by Gasteiger charge is -2.05. The van der Waals surface area contributed by atoms with Gasteiger partial charge in [-0.15, -0.1) is 10.2 Å². The zero-order valence-corrected chi connectivity index (χ0v) is 13.0. The number of thiol groups is 1. The first-order valence-electron chi connectivity index (χ1n) is 7.19. The van der Waals surface area contributed by atoms with E-state index < -0.39 is 0 Å². The highest BCUT2D eigenvalue weighted by atomic mass is 32.1. The molecule has 23 heavy (non-hydrogen) atoms. The Morgan fingerprint density at radius 3 is 2.70 bits per heavy atom. The van der Waals surface area contributed by atoms with Crippen LogP contribution in [0, 0.1) is 0 Å². The van der Waals surface area contributed by atoms with Crippen LogP contribution in [0.5, 0.6) is 0 Å². The van der Waals surface area contributed by atoms with Gasteiger partial charge in [0.25, 0.3) is 5.56 Å². The second-order valence-corrected chi connectivity index (χ2v) is 5.58. The van der Waals surface area contributed by atoms with Crippen molar-refractivity contribution in [2.75, 3.05) is 5.75 Å². The predicted octanol–water partition coefficient (Wildman–Crippen LogP) is 2.04. The van der Waals surface area contributed by atoms with Gasteiger partial charge in [-0.05, 0) is 11.6 Å². The summed E-state index contributed by atoms with van der Waals surface area (Å²) < 4.78 is 3.24. The van der Waals surface area contributed by atoms with E-state index in [0.717, 1.165) is 11.1 Å². The van der Waals surface area contributed by atoms with Crippen molar-refractivity contribution in [2.24, 2.45) is 0 Å². The van der Waals surface area contributed by atoms with Crippen molar-refractivity contribution >= 4 is 29.3 Å². The third-order valence-corrected chi connectivity index (χ3v) is 3.96. The van der Waals surface area contributed by atoms with Crippen molar-refractivity contribution < 1.29 is 0 Å². The van der Waals surface area contributed by atoms with Gasteiger partial charge in [0.05, 0.1) is 6.20 Å². The van der Waals surface area contributed by atoms with Crippen LogP contribution in [0.2, 0.25) is 0 Å². The Kier molecular flexibility index (Phi) is 3.34. The Balaban J connectivity index is 1.99. The summed E-state index contributed by atoms with van der Waals surface area (Å²) in [4.78, 5) is 12.4. The molecule has 114 valence electrons. The van der Waals surface area contributed by atoms with Gasteiger partial charge in [0, 0.05) is 24.1 Å². The monoisotopic (exact) mass is 323 g/mol. The van der Waals surface area contributed by atoms with E-state index in [1.807, 2.05) is 36.4 Å². The quantitative estimate of drug-likeness (QED) is 0.586. The van der Waals surface area contributed by atoms with Gasteiger partial charge >= 0.3 is 0 Å². The number of aryl methyl sites for hydroxylation is 1. The largest absolute Gasteiger partial charge is 0.313 e. The maximum Gasteiger partial charge on any atom is 0.280 e. The molecule has 0 spiro atoms. The fourth-order valence-corrected chi connectivity index (χ4v) is 2.85. The van der Waals surface area contributed by atoms with E-state index in [0.29, 0.717) is 29.0 Å². The highest BCUT2D eigenvalue weighted by molar-refractivity contribution is 7.80. The molecule has 0 saturated carbocycles. The van der Waals surface area contributed by atoms with Crippen LogP contribution in [0.1, 0.15) is 0 Å². The van der Waals surface area contributed by atoms with E-state index in [9.17, 15) is 4.79 Å². The summed E-state index contributed by atoms with van der Waals surface area (Å²) in [6.45, 7) is 0.534. The van der Waals surface area contributed by atoms with E-state index in [-0.39, 0.29) is 5.56 Å². The normalized spacial score (nSPS) is 11.3. The minimum Gasteiger partial charge on any atom is -0.313 e. The molecule has 0 radical (unpaired) electrons. The predicted molar refractivity (Wildman–Crippen MR) is 91.8 cm³/mol. The first-order valence-corrected chi connectivity index (χ1v) is 7.82. The zero-order valence-electron chi connectivity index (χ0n) is 12.1. The summed E-state index contributed by atoms with van der Waals surface area (Å²) in [6, 6.07) is 11.7. The van der Waals surface area contributed by atoms with Gasteiger partial charge in [-0.1, -0.05) is 30.3 Å². The summed E-state index contributed by atoms with van der Waals surface area (Å²) in [6.07, 6.45) is 3.49. The third kappa shape index (κ3) is 2.20. The SMILES string of the molecule is O=c1c2nnc3c(-c4ccccc4)cnn3c2ccn1CCS. The number of hydrogen-bond acceptors (Lipinski definition) is 5. The maximum absolute atomic E-state index is 12.4. The molecule has 0 aliphatic heterocycles. The molecular formula is C16H13N5OS. The molecule has 0 aliphatic rings. The van der Waals surface area contributed by atoms with Crippen molar-refractivity contribution in [1.29, 1.82) is 0 Å². The Morgan fingerprint density at radius 1 is 1.09 bits per heavy atom. The van der Waals surface area contributed by atoms with E-state index in [2.05, 4.69) is 27.9 Å². The molecule has 3 aromatic heterocycles. The number of pyridine rings is 1. The Hall–Kier alpha value is -2.67. The molecule has 0 N–H and O–H groups in total. The molecule has 4 aromatic rings. The summed E-state index contributed by atoms with van der Waals surface area (Å²) >= 11 is 4.16. The first-order chi connectivity index (χ1) is 11.3. The first kappa shape index (κ1) is 14.0. The van der Waals surface area contributed by atoms with E-state index in [1.54, 1.807) is 21.5 Å². The van der Waals surface area contributed by atoms with Gasteiger partial charge in [0.2, 0.25) is 0 Å². The molecule has 7 heteroatoms. The highest BCUT2D eigenvalue weighted by Crippen LogP contribution is 2.23. The van der Waals surface area contributed by atoms with Crippen LogP contribution >= 0.6 is 12.6 Å². The zero-order chi connectivity index (χ0) is 15.8. The van der Waals surface area contributed by atoms with Crippen molar-refractivity contribution in [3.8, 4) is 11.1 Å². The standard InChI is InChI=1S/C16H13N5OS/c22-16-14-13(6-7-20(16)8-9-23)21-15(19-18-14)12(10-17-21)11-4-2-1-3-5-11/h1-7,10,23H,8-9H2. The molecular weight excluding hydrogens is 310 g/mol. The van der Waals surface area contributed by atoms with Crippen LogP contribution in [-0.4, -0.2) is 30.1 Å². The lowest BCUT2D eigenvalue weighted by atomic mass is 10.1. The molecule has 0 saturated heterocycles. The maximum atomic E-state index is 12.4. The minimum atomic E-state index is -0.178. The van der Waals surface area contributed by atoms with Crippen molar-refractivity contribution in [3.63, 3.8) is 0 Å². The molecule has 0 atom stereocenters. The molecule has 0 amide bonds. The van der Waals surface area contributed by atoms with Gasteiger partial charge in [-0.2, -0.15) is 17.7 Å². The average molecular weight is 323 g/mol. The van der Waals surface area contributed by atoms with Crippen molar-refractivity contribution in [2.45, 2.75) is 6.54 Å². The van der Waals surface area contributed by atoms with Gasteiger partial charge in [-0.25, -0.2) is 4.52 Å². The van der Waals surface area contributed by atoms with Crippen molar-refractivity contribution in [1.82, 2.24) is 24.4 Å². The molecule has 3 heterocycles. The Bertz CT molecular complexity index is 1050. The molecule has 4 rings (SSSR count). The highest BCUT2D eigenvalue weighted by Gasteiger charge is 2.13. The minimum absolute atomic E-state index is 0.178. The van der Waals surface area contributed by atoms with E-state index in [4.69, 9.17) is 0 Å². The number of hydrogen-bond donors (Lipinski definition) is 1. The molecule has 0 aliphatic carbocycles. The number of aromatic nitrogens is 5. The molecule has 0 bridgehead atoms. The number of fused-ring (bicyclic) bond motifs is 3. The fourth-order valence-electron chi connectivity index (χ4n) is 2.63. The number of nitrogens with zero attached hydrogens (tertiary/aromatic N) is 5. The number of rotatable bonds is 3. The molecule has 0 fully saturated rings. The molecule has 1 aromatic carbocycles.